The Morgan fingerprint density at radius 3 is 3.06 bits per heavy atom. The average Bonchev–Trinajstić information content (AvgIpc) is 2.70. The second-order valence-corrected chi connectivity index (χ2v) is 4.11. The van der Waals surface area contributed by atoms with E-state index in [-0.39, 0.29) is 18.1 Å². The maximum Gasteiger partial charge on any atom is 0.317 e. The third-order valence-corrected chi connectivity index (χ3v) is 2.49. The molecule has 1 heterocycles. The van der Waals surface area contributed by atoms with Crippen LogP contribution >= 0.6 is 0 Å². The van der Waals surface area contributed by atoms with Crippen molar-refractivity contribution in [2.45, 2.75) is 18.5 Å². The molecule has 2 amide bonds. The molecule has 1 saturated heterocycles. The quantitative estimate of drug-likeness (QED) is 0.662. The van der Waals surface area contributed by atoms with Gasteiger partial charge in [-0.1, -0.05) is 0 Å². The third-order valence-electron chi connectivity index (χ3n) is 2.49. The molecule has 2 atom stereocenters. The molecule has 1 fully saturated rings. The molecule has 0 bridgehead atoms. The number of urea groups is 1. The lowest BCUT2D eigenvalue weighted by Crippen LogP contribution is -2.48. The highest BCUT2D eigenvalue weighted by Crippen LogP contribution is 2.03. The van der Waals surface area contributed by atoms with Gasteiger partial charge in [-0.15, -0.1) is 0 Å². The first-order valence-corrected chi connectivity index (χ1v) is 5.47. The molecule has 0 spiro atoms. The lowest BCUT2D eigenvalue weighted by atomic mass is 10.2. The summed E-state index contributed by atoms with van der Waals surface area (Å²) in [6.45, 7) is 2.25. The number of hydrogen-bond donors (Lipinski definition) is 2. The summed E-state index contributed by atoms with van der Waals surface area (Å²) in [5.74, 6) is 0. The van der Waals surface area contributed by atoms with Crippen LogP contribution in [0.2, 0.25) is 0 Å². The Bertz CT molecular complexity index is 219. The zero-order valence-corrected chi connectivity index (χ0v) is 9.94. The first kappa shape index (κ1) is 13.2. The highest BCUT2D eigenvalue weighted by molar-refractivity contribution is 5.74. The van der Waals surface area contributed by atoms with E-state index in [4.69, 9.17) is 15.2 Å². The Labute approximate surface area is 96.1 Å². The maximum absolute atomic E-state index is 11.7. The summed E-state index contributed by atoms with van der Waals surface area (Å²) in [5, 5.41) is 2.89. The van der Waals surface area contributed by atoms with Gasteiger partial charge in [0.05, 0.1) is 19.3 Å². The van der Waals surface area contributed by atoms with Crippen LogP contribution < -0.4 is 11.1 Å². The SMILES string of the molecule is COCC(N)CN(C)C(=O)NC1CCOC1. The summed E-state index contributed by atoms with van der Waals surface area (Å²) in [6.07, 6.45) is 0.879. The molecule has 6 nitrogen and oxygen atoms in total. The number of nitrogens with one attached hydrogen (secondary N) is 1. The average molecular weight is 231 g/mol. The Morgan fingerprint density at radius 1 is 1.75 bits per heavy atom. The topological polar surface area (TPSA) is 76.8 Å². The van der Waals surface area contributed by atoms with Crippen molar-refractivity contribution in [1.82, 2.24) is 10.2 Å². The Balaban J connectivity index is 2.23. The van der Waals surface area contributed by atoms with E-state index in [2.05, 4.69) is 5.32 Å². The van der Waals surface area contributed by atoms with Crippen LogP contribution in [0.3, 0.4) is 0 Å². The Morgan fingerprint density at radius 2 is 2.50 bits per heavy atom. The van der Waals surface area contributed by atoms with Crippen molar-refractivity contribution < 1.29 is 14.3 Å². The van der Waals surface area contributed by atoms with Gasteiger partial charge in [-0.2, -0.15) is 0 Å². The maximum atomic E-state index is 11.7. The predicted molar refractivity (Wildman–Crippen MR) is 60.2 cm³/mol. The zero-order chi connectivity index (χ0) is 12.0. The molecular formula is C10H21N3O3. The lowest BCUT2D eigenvalue weighted by Gasteiger charge is -2.23. The van der Waals surface area contributed by atoms with Gasteiger partial charge in [-0.05, 0) is 6.42 Å². The van der Waals surface area contributed by atoms with Crippen LogP contribution in [0.5, 0.6) is 0 Å². The van der Waals surface area contributed by atoms with E-state index in [1.165, 1.54) is 0 Å². The lowest BCUT2D eigenvalue weighted by molar-refractivity contribution is 0.157. The molecule has 16 heavy (non-hydrogen) atoms. The third kappa shape index (κ3) is 4.34. The number of amides is 2. The van der Waals surface area contributed by atoms with E-state index in [1.807, 2.05) is 0 Å². The molecule has 1 rings (SSSR count). The zero-order valence-electron chi connectivity index (χ0n) is 9.94. The number of nitrogens with zero attached hydrogens (tertiary/aromatic N) is 1. The molecule has 0 aliphatic carbocycles. The molecule has 0 aromatic carbocycles. The van der Waals surface area contributed by atoms with E-state index in [0.29, 0.717) is 19.8 Å². The normalized spacial score (nSPS) is 21.8. The van der Waals surface area contributed by atoms with Crippen molar-refractivity contribution in [3.63, 3.8) is 0 Å². The van der Waals surface area contributed by atoms with E-state index in [1.54, 1.807) is 19.1 Å². The predicted octanol–water partition coefficient (Wildman–Crippen LogP) is -0.610. The van der Waals surface area contributed by atoms with Crippen molar-refractivity contribution in [3.8, 4) is 0 Å². The van der Waals surface area contributed by atoms with Gasteiger partial charge >= 0.3 is 6.03 Å². The minimum atomic E-state index is -0.152. The number of ether oxygens (including phenoxy) is 2. The summed E-state index contributed by atoms with van der Waals surface area (Å²) < 4.78 is 10.1. The molecule has 0 saturated carbocycles. The van der Waals surface area contributed by atoms with E-state index in [0.717, 1.165) is 13.0 Å². The van der Waals surface area contributed by atoms with Crippen LogP contribution in [0.1, 0.15) is 6.42 Å². The summed E-state index contributed by atoms with van der Waals surface area (Å²) in [5.41, 5.74) is 5.76. The molecule has 94 valence electrons. The van der Waals surface area contributed by atoms with Gasteiger partial charge in [0, 0.05) is 33.4 Å². The van der Waals surface area contributed by atoms with Gasteiger partial charge in [0.2, 0.25) is 0 Å². The fraction of sp³-hybridized carbons (Fsp3) is 0.900. The van der Waals surface area contributed by atoms with Crippen LogP contribution in [-0.4, -0.2) is 63.5 Å². The molecule has 6 heteroatoms. The second kappa shape index (κ2) is 6.67. The van der Waals surface area contributed by atoms with Gasteiger partial charge in [-0.25, -0.2) is 4.79 Å². The van der Waals surface area contributed by atoms with Gasteiger partial charge in [-0.3, -0.25) is 0 Å². The first-order chi connectivity index (χ1) is 7.63. The smallest absolute Gasteiger partial charge is 0.317 e. The van der Waals surface area contributed by atoms with Crippen molar-refractivity contribution in [1.29, 1.82) is 0 Å². The minimum absolute atomic E-state index is 0.109. The second-order valence-electron chi connectivity index (χ2n) is 4.11. The van der Waals surface area contributed by atoms with E-state index < -0.39 is 0 Å². The largest absolute Gasteiger partial charge is 0.383 e. The monoisotopic (exact) mass is 231 g/mol. The molecule has 1 aliphatic rings. The van der Waals surface area contributed by atoms with Crippen molar-refractivity contribution in [2.24, 2.45) is 5.73 Å². The van der Waals surface area contributed by atoms with Crippen LogP contribution in [0.15, 0.2) is 0 Å². The van der Waals surface area contributed by atoms with Gasteiger partial charge < -0.3 is 25.4 Å². The number of likely N-dealkylation sites (N-methyl/N-ethyl adjacent to an activating group) is 1. The number of methoxy groups -OCH3 is 1. The summed E-state index contributed by atoms with van der Waals surface area (Å²) >= 11 is 0. The number of rotatable bonds is 5. The van der Waals surface area contributed by atoms with E-state index in [9.17, 15) is 4.79 Å². The number of hydrogen-bond acceptors (Lipinski definition) is 4. The van der Waals surface area contributed by atoms with Crippen molar-refractivity contribution in [2.75, 3.05) is 40.5 Å². The van der Waals surface area contributed by atoms with Gasteiger partial charge in [0.15, 0.2) is 0 Å². The van der Waals surface area contributed by atoms with Crippen LogP contribution in [-0.2, 0) is 9.47 Å². The highest BCUT2D eigenvalue weighted by Gasteiger charge is 2.20. The number of nitrogens with two attached hydrogens (primary N) is 1. The van der Waals surface area contributed by atoms with Crippen LogP contribution in [0.4, 0.5) is 4.79 Å². The van der Waals surface area contributed by atoms with Gasteiger partial charge in [0.1, 0.15) is 0 Å². The first-order valence-electron chi connectivity index (χ1n) is 5.47. The van der Waals surface area contributed by atoms with Crippen LogP contribution in [0, 0.1) is 0 Å². The summed E-state index contributed by atoms with van der Waals surface area (Å²) in [4.78, 5) is 13.3. The Kier molecular flexibility index (Phi) is 5.51. The summed E-state index contributed by atoms with van der Waals surface area (Å²) in [6, 6.07) is -0.128. The molecule has 1 aliphatic heterocycles. The summed E-state index contributed by atoms with van der Waals surface area (Å²) in [7, 11) is 3.32. The standard InChI is InChI=1S/C10H21N3O3/c1-13(5-8(11)6-15-2)10(14)12-9-3-4-16-7-9/h8-9H,3-7,11H2,1-2H3,(H,12,14). The highest BCUT2D eigenvalue weighted by atomic mass is 16.5. The molecule has 2 unspecified atom stereocenters. The van der Waals surface area contributed by atoms with Crippen LogP contribution in [0.25, 0.3) is 0 Å². The molecule has 3 N–H and O–H groups in total. The van der Waals surface area contributed by atoms with Gasteiger partial charge in [0.25, 0.3) is 0 Å². The number of carbonyl (C=O) groups is 1. The Hall–Kier alpha value is -0.850. The van der Waals surface area contributed by atoms with Crippen molar-refractivity contribution in [3.05, 3.63) is 0 Å². The van der Waals surface area contributed by atoms with E-state index >= 15 is 0 Å². The fourth-order valence-electron chi connectivity index (χ4n) is 1.63. The minimum Gasteiger partial charge on any atom is -0.383 e. The molecule has 0 radical (unpaired) electrons. The molecular weight excluding hydrogens is 210 g/mol. The fourth-order valence-corrected chi connectivity index (χ4v) is 1.63. The van der Waals surface area contributed by atoms with Crippen molar-refractivity contribution >= 4 is 6.03 Å². The number of carbonyl (C=O) groups excluding carboxylic acids is 1. The molecule has 0 aromatic rings. The molecule has 0 aromatic heterocycles.